The van der Waals surface area contributed by atoms with Crippen LogP contribution in [0.5, 0.6) is 17.2 Å². The molecule has 0 atom stereocenters. The molecule has 0 saturated carbocycles. The topological polar surface area (TPSA) is 56.8 Å². The van der Waals surface area contributed by atoms with Crippen molar-refractivity contribution in [2.24, 2.45) is 0 Å². The van der Waals surface area contributed by atoms with Gasteiger partial charge in [-0.2, -0.15) is 0 Å². The molecule has 120 valence electrons. The lowest BCUT2D eigenvalue weighted by atomic mass is 10.1. The molecular formula is C18H19NO4. The first-order chi connectivity index (χ1) is 11.3. The minimum Gasteiger partial charge on any atom is -0.484 e. The first kappa shape index (κ1) is 15.2. The molecule has 1 N–H and O–H groups in total. The Morgan fingerprint density at radius 1 is 1.09 bits per heavy atom. The van der Waals surface area contributed by atoms with Crippen LogP contribution >= 0.6 is 0 Å². The molecule has 2 aromatic rings. The molecule has 5 heteroatoms. The number of para-hydroxylation sites is 1. The Hall–Kier alpha value is -2.69. The minimum atomic E-state index is -0.112. The van der Waals surface area contributed by atoms with Crippen molar-refractivity contribution < 1.29 is 19.0 Å². The van der Waals surface area contributed by atoms with E-state index in [4.69, 9.17) is 14.2 Å². The number of carbonyl (C=O) groups excluding carboxylic acids is 1. The molecule has 0 fully saturated rings. The first-order valence-corrected chi connectivity index (χ1v) is 7.64. The van der Waals surface area contributed by atoms with Gasteiger partial charge in [-0.1, -0.05) is 24.3 Å². The van der Waals surface area contributed by atoms with Crippen LogP contribution < -0.4 is 19.5 Å². The highest BCUT2D eigenvalue weighted by molar-refractivity contribution is 5.77. The lowest BCUT2D eigenvalue weighted by Gasteiger charge is -2.07. The van der Waals surface area contributed by atoms with E-state index in [1.807, 2.05) is 48.5 Å². The number of hydrogen-bond donors (Lipinski definition) is 1. The van der Waals surface area contributed by atoms with Crippen LogP contribution in [0.15, 0.2) is 48.5 Å². The van der Waals surface area contributed by atoms with Crippen molar-refractivity contribution in [3.05, 3.63) is 54.1 Å². The summed E-state index contributed by atoms with van der Waals surface area (Å²) in [5.41, 5.74) is 1.17. The van der Waals surface area contributed by atoms with Gasteiger partial charge in [0.25, 0.3) is 5.91 Å². The van der Waals surface area contributed by atoms with E-state index in [2.05, 4.69) is 5.32 Å². The summed E-state index contributed by atoms with van der Waals surface area (Å²) in [5, 5.41) is 2.86. The normalized spacial score (nSPS) is 12.0. The van der Waals surface area contributed by atoms with Gasteiger partial charge in [-0.05, 0) is 42.7 Å². The number of fused-ring (bicyclic) bond motifs is 1. The quantitative estimate of drug-likeness (QED) is 0.798. The van der Waals surface area contributed by atoms with Crippen LogP contribution in [0.1, 0.15) is 12.0 Å². The van der Waals surface area contributed by atoms with E-state index in [0.717, 1.165) is 24.3 Å². The molecule has 0 aliphatic carbocycles. The van der Waals surface area contributed by atoms with Gasteiger partial charge in [-0.25, -0.2) is 0 Å². The van der Waals surface area contributed by atoms with Crippen LogP contribution in [0.2, 0.25) is 0 Å². The fraction of sp³-hybridized carbons (Fsp3) is 0.278. The molecule has 0 radical (unpaired) electrons. The third-order valence-electron chi connectivity index (χ3n) is 3.51. The van der Waals surface area contributed by atoms with Gasteiger partial charge in [0.2, 0.25) is 6.79 Å². The maximum atomic E-state index is 11.7. The number of amides is 1. The summed E-state index contributed by atoms with van der Waals surface area (Å²) < 4.78 is 16.0. The zero-order valence-corrected chi connectivity index (χ0v) is 12.8. The van der Waals surface area contributed by atoms with Gasteiger partial charge in [0.15, 0.2) is 18.1 Å². The Balaban J connectivity index is 1.34. The standard InChI is InChI=1S/C18H19NO4/c20-18(12-21-15-6-2-1-3-7-15)19-10-4-5-14-8-9-16-17(11-14)23-13-22-16/h1-3,6-9,11H,4-5,10,12-13H2,(H,19,20). The zero-order valence-electron chi connectivity index (χ0n) is 12.8. The van der Waals surface area contributed by atoms with E-state index in [9.17, 15) is 4.79 Å². The van der Waals surface area contributed by atoms with Crippen molar-refractivity contribution in [1.29, 1.82) is 0 Å². The second-order valence-corrected chi connectivity index (χ2v) is 5.24. The highest BCUT2D eigenvalue weighted by Crippen LogP contribution is 2.32. The molecule has 0 saturated heterocycles. The van der Waals surface area contributed by atoms with E-state index >= 15 is 0 Å². The molecule has 0 spiro atoms. The van der Waals surface area contributed by atoms with Crippen molar-refractivity contribution in [3.8, 4) is 17.2 Å². The van der Waals surface area contributed by atoms with E-state index < -0.39 is 0 Å². The van der Waals surface area contributed by atoms with Crippen molar-refractivity contribution in [2.75, 3.05) is 19.9 Å². The van der Waals surface area contributed by atoms with E-state index in [0.29, 0.717) is 12.3 Å². The highest BCUT2D eigenvalue weighted by Gasteiger charge is 2.12. The molecule has 5 nitrogen and oxygen atoms in total. The zero-order chi connectivity index (χ0) is 15.9. The first-order valence-electron chi connectivity index (χ1n) is 7.64. The monoisotopic (exact) mass is 313 g/mol. The Kier molecular flexibility index (Phi) is 4.99. The third kappa shape index (κ3) is 4.39. The fourth-order valence-corrected chi connectivity index (χ4v) is 2.33. The van der Waals surface area contributed by atoms with Crippen molar-refractivity contribution >= 4 is 5.91 Å². The molecule has 0 unspecified atom stereocenters. The highest BCUT2D eigenvalue weighted by atomic mass is 16.7. The summed E-state index contributed by atoms with van der Waals surface area (Å²) in [4.78, 5) is 11.7. The maximum Gasteiger partial charge on any atom is 0.257 e. The molecule has 1 heterocycles. The second kappa shape index (κ2) is 7.54. The van der Waals surface area contributed by atoms with E-state index in [1.165, 1.54) is 5.56 Å². The van der Waals surface area contributed by atoms with Crippen LogP contribution in [0.25, 0.3) is 0 Å². The summed E-state index contributed by atoms with van der Waals surface area (Å²) in [6.07, 6.45) is 1.73. The van der Waals surface area contributed by atoms with Crippen LogP contribution in [0, 0.1) is 0 Å². The molecule has 2 aromatic carbocycles. The van der Waals surface area contributed by atoms with Crippen LogP contribution in [0.4, 0.5) is 0 Å². The molecule has 1 amide bonds. The van der Waals surface area contributed by atoms with Gasteiger partial charge < -0.3 is 19.5 Å². The van der Waals surface area contributed by atoms with E-state index in [1.54, 1.807) is 0 Å². The predicted molar refractivity (Wildman–Crippen MR) is 85.8 cm³/mol. The Morgan fingerprint density at radius 3 is 2.78 bits per heavy atom. The summed E-state index contributed by atoms with van der Waals surface area (Å²) in [7, 11) is 0. The van der Waals surface area contributed by atoms with Gasteiger partial charge >= 0.3 is 0 Å². The SMILES string of the molecule is O=C(COc1ccccc1)NCCCc1ccc2c(c1)OCO2. The maximum absolute atomic E-state index is 11.7. The van der Waals surface area contributed by atoms with Gasteiger partial charge in [-0.3, -0.25) is 4.79 Å². The molecule has 1 aliphatic heterocycles. The lowest BCUT2D eigenvalue weighted by Crippen LogP contribution is -2.29. The molecule has 0 bridgehead atoms. The number of nitrogens with one attached hydrogen (secondary N) is 1. The van der Waals surface area contributed by atoms with Gasteiger partial charge in [0.05, 0.1) is 0 Å². The molecule has 23 heavy (non-hydrogen) atoms. The van der Waals surface area contributed by atoms with Crippen LogP contribution in [-0.4, -0.2) is 25.9 Å². The van der Waals surface area contributed by atoms with Crippen molar-refractivity contribution in [2.45, 2.75) is 12.8 Å². The van der Waals surface area contributed by atoms with Gasteiger partial charge in [0.1, 0.15) is 5.75 Å². The number of benzene rings is 2. The smallest absolute Gasteiger partial charge is 0.257 e. The fourth-order valence-electron chi connectivity index (χ4n) is 2.33. The van der Waals surface area contributed by atoms with Crippen LogP contribution in [0.3, 0.4) is 0 Å². The summed E-state index contributed by atoms with van der Waals surface area (Å²) in [6, 6.07) is 15.2. The Bertz CT molecular complexity index is 657. The summed E-state index contributed by atoms with van der Waals surface area (Å²) >= 11 is 0. The predicted octanol–water partition coefficient (Wildman–Crippen LogP) is 2.54. The number of ether oxygens (including phenoxy) is 3. The van der Waals surface area contributed by atoms with Crippen molar-refractivity contribution in [1.82, 2.24) is 5.32 Å². The molecular weight excluding hydrogens is 294 g/mol. The van der Waals surface area contributed by atoms with E-state index in [-0.39, 0.29) is 19.3 Å². The third-order valence-corrected chi connectivity index (χ3v) is 3.51. The molecule has 0 aromatic heterocycles. The second-order valence-electron chi connectivity index (χ2n) is 5.24. The van der Waals surface area contributed by atoms with Gasteiger partial charge in [0, 0.05) is 6.54 Å². The average Bonchev–Trinajstić information content (AvgIpc) is 3.05. The molecule has 1 aliphatic rings. The summed E-state index contributed by atoms with van der Waals surface area (Å²) in [5.74, 6) is 2.17. The number of hydrogen-bond acceptors (Lipinski definition) is 4. The molecule has 3 rings (SSSR count). The number of aryl methyl sites for hydroxylation is 1. The number of carbonyl (C=O) groups is 1. The van der Waals surface area contributed by atoms with Gasteiger partial charge in [-0.15, -0.1) is 0 Å². The average molecular weight is 313 g/mol. The Labute approximate surface area is 135 Å². The number of rotatable bonds is 7. The lowest BCUT2D eigenvalue weighted by molar-refractivity contribution is -0.123. The Morgan fingerprint density at radius 2 is 1.91 bits per heavy atom. The largest absolute Gasteiger partial charge is 0.484 e. The van der Waals surface area contributed by atoms with Crippen LogP contribution in [-0.2, 0) is 11.2 Å². The van der Waals surface area contributed by atoms with Crippen molar-refractivity contribution in [3.63, 3.8) is 0 Å². The minimum absolute atomic E-state index is 0.0358. The summed E-state index contributed by atoms with van der Waals surface area (Å²) in [6.45, 7) is 0.940.